The number of nitrogens with one attached hydrogen (secondary N) is 1. The van der Waals surface area contributed by atoms with Gasteiger partial charge in [-0.15, -0.1) is 11.8 Å². The quantitative estimate of drug-likeness (QED) is 0.643. The molecule has 0 aliphatic carbocycles. The van der Waals surface area contributed by atoms with E-state index in [1.807, 2.05) is 49.4 Å². The third kappa shape index (κ3) is 4.87. The number of benzene rings is 2. The number of amides is 1. The predicted molar refractivity (Wildman–Crippen MR) is 103 cm³/mol. The summed E-state index contributed by atoms with van der Waals surface area (Å²) in [6.07, 6.45) is 1.67. The van der Waals surface area contributed by atoms with Crippen LogP contribution in [0.3, 0.4) is 0 Å². The Kier molecular flexibility index (Phi) is 5.79. The Balaban J connectivity index is 1.61. The van der Waals surface area contributed by atoms with Crippen molar-refractivity contribution in [3.63, 3.8) is 0 Å². The maximum atomic E-state index is 12.2. The molecule has 0 fully saturated rings. The van der Waals surface area contributed by atoms with Crippen LogP contribution in [-0.4, -0.2) is 21.4 Å². The largest absolute Gasteiger partial charge is 0.310 e. The van der Waals surface area contributed by atoms with Crippen molar-refractivity contribution in [3.05, 3.63) is 76.9 Å². The highest BCUT2D eigenvalue weighted by molar-refractivity contribution is 8.00. The van der Waals surface area contributed by atoms with Crippen LogP contribution >= 0.6 is 23.4 Å². The Hall–Kier alpha value is -2.24. The second kappa shape index (κ2) is 8.23. The zero-order valence-electron chi connectivity index (χ0n) is 13.8. The topological polar surface area (TPSA) is 46.9 Å². The van der Waals surface area contributed by atoms with Crippen LogP contribution in [0.15, 0.2) is 65.7 Å². The Labute approximate surface area is 156 Å². The molecule has 3 rings (SSSR count). The van der Waals surface area contributed by atoms with Crippen molar-refractivity contribution in [2.45, 2.75) is 18.4 Å². The summed E-state index contributed by atoms with van der Waals surface area (Å²) in [5.41, 5.74) is 2.14. The van der Waals surface area contributed by atoms with E-state index in [0.717, 1.165) is 10.5 Å². The van der Waals surface area contributed by atoms with E-state index in [0.29, 0.717) is 23.1 Å². The molecule has 2 aromatic carbocycles. The van der Waals surface area contributed by atoms with E-state index < -0.39 is 0 Å². The number of anilines is 1. The van der Waals surface area contributed by atoms with Crippen LogP contribution in [0.4, 0.5) is 5.82 Å². The van der Waals surface area contributed by atoms with E-state index in [1.165, 1.54) is 17.3 Å². The number of rotatable bonds is 6. The fourth-order valence-electron chi connectivity index (χ4n) is 2.39. The number of halogens is 1. The second-order valence-electron chi connectivity index (χ2n) is 5.62. The van der Waals surface area contributed by atoms with Crippen LogP contribution in [0.25, 0.3) is 0 Å². The van der Waals surface area contributed by atoms with Crippen molar-refractivity contribution < 1.29 is 4.79 Å². The van der Waals surface area contributed by atoms with E-state index in [2.05, 4.69) is 16.5 Å². The number of hydrogen-bond donors (Lipinski definition) is 1. The molecule has 3 aromatic rings. The number of aryl methyl sites for hydroxylation is 1. The first-order valence-corrected chi connectivity index (χ1v) is 9.23. The van der Waals surface area contributed by atoms with E-state index in [1.54, 1.807) is 16.9 Å². The van der Waals surface area contributed by atoms with E-state index >= 15 is 0 Å². The standard InChI is InChI=1S/C19H18ClN3OS/c1-14-5-4-7-16(11-14)25-13-19(24)22-18-9-10-21-23(18)12-15-6-2-3-8-17(15)20/h2-11H,12-13H2,1H3,(H,22,24). The summed E-state index contributed by atoms with van der Waals surface area (Å²) in [5, 5.41) is 7.87. The molecule has 0 unspecified atom stereocenters. The number of aromatic nitrogens is 2. The lowest BCUT2D eigenvalue weighted by molar-refractivity contribution is -0.113. The molecular weight excluding hydrogens is 354 g/mol. The molecule has 0 bridgehead atoms. The summed E-state index contributed by atoms with van der Waals surface area (Å²) in [5.74, 6) is 0.947. The first kappa shape index (κ1) is 17.6. The smallest absolute Gasteiger partial charge is 0.235 e. The normalized spacial score (nSPS) is 10.6. The molecule has 0 spiro atoms. The van der Waals surface area contributed by atoms with Crippen molar-refractivity contribution >= 4 is 35.1 Å². The third-order valence-electron chi connectivity index (χ3n) is 3.62. The number of nitrogens with zero attached hydrogens (tertiary/aromatic N) is 2. The highest BCUT2D eigenvalue weighted by Gasteiger charge is 2.09. The first-order valence-electron chi connectivity index (χ1n) is 7.86. The van der Waals surface area contributed by atoms with Crippen molar-refractivity contribution in [3.8, 4) is 0 Å². The zero-order valence-corrected chi connectivity index (χ0v) is 15.3. The first-order chi connectivity index (χ1) is 12.1. The van der Waals surface area contributed by atoms with Crippen molar-refractivity contribution in [2.24, 2.45) is 0 Å². The Bertz CT molecular complexity index is 878. The number of thioether (sulfide) groups is 1. The van der Waals surface area contributed by atoms with Gasteiger partial charge in [0, 0.05) is 16.0 Å². The molecule has 128 valence electrons. The fraction of sp³-hybridized carbons (Fsp3) is 0.158. The Morgan fingerprint density at radius 1 is 1.20 bits per heavy atom. The lowest BCUT2D eigenvalue weighted by atomic mass is 10.2. The van der Waals surface area contributed by atoms with Gasteiger partial charge in [0.15, 0.2) is 0 Å². The predicted octanol–water partition coefficient (Wildman–Crippen LogP) is 4.62. The lowest BCUT2D eigenvalue weighted by Crippen LogP contribution is -2.17. The third-order valence-corrected chi connectivity index (χ3v) is 4.98. The molecule has 0 radical (unpaired) electrons. The van der Waals surface area contributed by atoms with Gasteiger partial charge in [-0.1, -0.05) is 47.5 Å². The van der Waals surface area contributed by atoms with Crippen molar-refractivity contribution in [2.75, 3.05) is 11.1 Å². The maximum absolute atomic E-state index is 12.2. The molecular formula is C19H18ClN3OS. The Morgan fingerprint density at radius 2 is 2.04 bits per heavy atom. The van der Waals surface area contributed by atoms with Crippen molar-refractivity contribution in [1.29, 1.82) is 0 Å². The summed E-state index contributed by atoms with van der Waals surface area (Å²) in [6.45, 7) is 2.55. The number of carbonyl (C=O) groups is 1. The van der Waals surface area contributed by atoms with Crippen LogP contribution in [-0.2, 0) is 11.3 Å². The minimum absolute atomic E-state index is 0.0626. The van der Waals surface area contributed by atoms with Crippen LogP contribution < -0.4 is 5.32 Å². The van der Waals surface area contributed by atoms with E-state index in [4.69, 9.17) is 11.6 Å². The summed E-state index contributed by atoms with van der Waals surface area (Å²) in [4.78, 5) is 13.3. The van der Waals surface area contributed by atoms with Gasteiger partial charge in [0.2, 0.25) is 5.91 Å². The highest BCUT2D eigenvalue weighted by Crippen LogP contribution is 2.20. The molecule has 25 heavy (non-hydrogen) atoms. The van der Waals surface area contributed by atoms with Crippen LogP contribution in [0, 0.1) is 6.92 Å². The zero-order chi connectivity index (χ0) is 17.6. The van der Waals surface area contributed by atoms with Crippen molar-refractivity contribution in [1.82, 2.24) is 9.78 Å². The van der Waals surface area contributed by atoms with Crippen LogP contribution in [0.1, 0.15) is 11.1 Å². The molecule has 1 N–H and O–H groups in total. The van der Waals surface area contributed by atoms with Gasteiger partial charge in [-0.2, -0.15) is 5.10 Å². The Morgan fingerprint density at radius 3 is 2.84 bits per heavy atom. The summed E-state index contributed by atoms with van der Waals surface area (Å²) < 4.78 is 1.73. The van der Waals surface area contributed by atoms with E-state index in [9.17, 15) is 4.79 Å². The lowest BCUT2D eigenvalue weighted by Gasteiger charge is -2.10. The molecule has 0 aliphatic heterocycles. The van der Waals surface area contributed by atoms with Gasteiger partial charge in [0.25, 0.3) is 0 Å². The molecule has 0 saturated carbocycles. The van der Waals surface area contributed by atoms with Gasteiger partial charge in [-0.3, -0.25) is 4.79 Å². The molecule has 1 aromatic heterocycles. The number of hydrogen-bond acceptors (Lipinski definition) is 3. The molecule has 0 aliphatic rings. The molecule has 0 atom stereocenters. The van der Waals surface area contributed by atoms with Gasteiger partial charge >= 0.3 is 0 Å². The van der Waals surface area contributed by atoms with Gasteiger partial charge in [0.05, 0.1) is 18.5 Å². The minimum atomic E-state index is -0.0626. The molecule has 1 amide bonds. The van der Waals surface area contributed by atoms with Gasteiger partial charge in [0.1, 0.15) is 5.82 Å². The molecule has 1 heterocycles. The molecule has 4 nitrogen and oxygen atoms in total. The van der Waals surface area contributed by atoms with Gasteiger partial charge < -0.3 is 5.32 Å². The monoisotopic (exact) mass is 371 g/mol. The molecule has 6 heteroatoms. The fourth-order valence-corrected chi connectivity index (χ4v) is 3.40. The highest BCUT2D eigenvalue weighted by atomic mass is 35.5. The second-order valence-corrected chi connectivity index (χ2v) is 7.07. The average molecular weight is 372 g/mol. The van der Waals surface area contributed by atoms with Crippen LogP contribution in [0.2, 0.25) is 5.02 Å². The van der Waals surface area contributed by atoms with Gasteiger partial charge in [-0.25, -0.2) is 4.68 Å². The number of carbonyl (C=O) groups excluding carboxylic acids is 1. The summed E-state index contributed by atoms with van der Waals surface area (Å²) in [7, 11) is 0. The summed E-state index contributed by atoms with van der Waals surface area (Å²) in [6, 6.07) is 17.5. The molecule has 0 saturated heterocycles. The SMILES string of the molecule is Cc1cccc(SCC(=O)Nc2ccnn2Cc2ccccc2Cl)c1. The minimum Gasteiger partial charge on any atom is -0.310 e. The summed E-state index contributed by atoms with van der Waals surface area (Å²) >= 11 is 7.71. The van der Waals surface area contributed by atoms with E-state index in [-0.39, 0.29) is 5.91 Å². The van der Waals surface area contributed by atoms with Crippen LogP contribution in [0.5, 0.6) is 0 Å². The van der Waals surface area contributed by atoms with Gasteiger partial charge in [-0.05, 0) is 30.7 Å². The average Bonchev–Trinajstić information content (AvgIpc) is 3.02. The maximum Gasteiger partial charge on any atom is 0.235 e.